The van der Waals surface area contributed by atoms with Crippen molar-refractivity contribution in [3.63, 3.8) is 0 Å². The molecule has 1 aliphatic heterocycles. The first-order valence-corrected chi connectivity index (χ1v) is 21.5. The van der Waals surface area contributed by atoms with E-state index in [0.717, 1.165) is 75.1 Å². The molecule has 0 saturated heterocycles. The molecule has 2 aliphatic rings. The van der Waals surface area contributed by atoms with E-state index in [1.54, 1.807) is 0 Å². The topological polar surface area (TPSA) is 58.0 Å². The summed E-state index contributed by atoms with van der Waals surface area (Å²) in [6.45, 7) is 15.7. The summed E-state index contributed by atoms with van der Waals surface area (Å²) in [5.74, 6) is 2.24. The fourth-order valence-electron chi connectivity index (χ4n) is 9.29. The zero-order chi connectivity index (χ0) is 41.8. The Morgan fingerprint density at radius 1 is 0.754 bits per heavy atom. The number of aliphatic imine (C=N–C) groups is 1. The standard InChI is InChI=1S/C55H54N3O2.Pt/c1-35(2)40-28-42(31-44(30-40)60-49-26-25-39-29-43(54(3,4)5)34-48(59)50(39)57-49)53-56-47-24-17-27-55(6,7)52(47)58(53)51-45(37-20-13-9-14-21-37)32-41(36-18-11-8-12-19-36)33-46(51)38-22-15-10-16-23-38;/h8-16,18-23,25-26,28-30,32-35,47,52,59H,17,24,27H2,1-7H3;/q-1;/t47-,52-;/m0./s1. The smallest absolute Gasteiger partial charge is 0.217 e. The van der Waals surface area contributed by atoms with Gasteiger partial charge >= 0.3 is 0 Å². The molecular formula is C55H54N3O2Pt-. The molecule has 9 rings (SSSR count). The van der Waals surface area contributed by atoms with Gasteiger partial charge in [0.1, 0.15) is 11.3 Å². The summed E-state index contributed by atoms with van der Waals surface area (Å²) >= 11 is 0. The number of fused-ring (bicyclic) bond motifs is 2. The third kappa shape index (κ3) is 8.30. The van der Waals surface area contributed by atoms with Gasteiger partial charge in [-0.3, -0.25) is 0 Å². The van der Waals surface area contributed by atoms with Gasteiger partial charge in [0.2, 0.25) is 5.88 Å². The minimum absolute atomic E-state index is 0. The second kappa shape index (κ2) is 16.7. The van der Waals surface area contributed by atoms with Gasteiger partial charge in [0.15, 0.2) is 0 Å². The van der Waals surface area contributed by atoms with Crippen molar-refractivity contribution in [2.24, 2.45) is 10.4 Å². The molecule has 0 radical (unpaired) electrons. The molecule has 6 heteroatoms. The molecule has 2 heterocycles. The van der Waals surface area contributed by atoms with Crippen molar-refractivity contribution in [1.82, 2.24) is 4.98 Å². The van der Waals surface area contributed by atoms with Gasteiger partial charge in [0.05, 0.1) is 23.6 Å². The summed E-state index contributed by atoms with van der Waals surface area (Å²) in [6.07, 6.45) is 3.26. The van der Waals surface area contributed by atoms with E-state index in [1.807, 2.05) is 18.2 Å². The van der Waals surface area contributed by atoms with Crippen LogP contribution in [0.5, 0.6) is 17.4 Å². The Bertz CT molecular complexity index is 2660. The molecule has 312 valence electrons. The van der Waals surface area contributed by atoms with Crippen LogP contribution in [0.3, 0.4) is 0 Å². The third-order valence-electron chi connectivity index (χ3n) is 12.5. The Kier molecular flexibility index (Phi) is 11.6. The van der Waals surface area contributed by atoms with E-state index in [0.29, 0.717) is 17.1 Å². The van der Waals surface area contributed by atoms with Crippen LogP contribution in [-0.2, 0) is 26.5 Å². The second-order valence-corrected chi connectivity index (χ2v) is 18.6. The minimum Gasteiger partial charge on any atom is -0.506 e. The van der Waals surface area contributed by atoms with Crippen LogP contribution >= 0.6 is 0 Å². The molecule has 0 unspecified atom stereocenters. The number of nitrogens with zero attached hydrogens (tertiary/aromatic N) is 3. The molecule has 5 nitrogen and oxygen atoms in total. The number of hydrogen-bond acceptors (Lipinski definition) is 5. The van der Waals surface area contributed by atoms with Crippen LogP contribution in [0.1, 0.15) is 90.3 Å². The van der Waals surface area contributed by atoms with Gasteiger partial charge in [-0.1, -0.05) is 158 Å². The van der Waals surface area contributed by atoms with Crippen molar-refractivity contribution in [2.45, 2.75) is 91.1 Å². The number of rotatable bonds is 8. The number of benzene rings is 6. The maximum Gasteiger partial charge on any atom is 0.217 e. The Labute approximate surface area is 375 Å². The van der Waals surface area contributed by atoms with Crippen LogP contribution in [0.4, 0.5) is 5.69 Å². The van der Waals surface area contributed by atoms with Crippen molar-refractivity contribution in [1.29, 1.82) is 0 Å². The first kappa shape index (κ1) is 42.2. The number of amidine groups is 1. The largest absolute Gasteiger partial charge is 0.506 e. The second-order valence-electron chi connectivity index (χ2n) is 18.6. The van der Waals surface area contributed by atoms with Gasteiger partial charge in [-0.05, 0) is 87.7 Å². The Balaban J connectivity index is 0.00000514. The van der Waals surface area contributed by atoms with Gasteiger partial charge in [-0.2, -0.15) is 0 Å². The van der Waals surface area contributed by atoms with Crippen LogP contribution in [0.15, 0.2) is 145 Å². The fraction of sp³-hybridized carbons (Fsp3) is 0.273. The molecule has 2 atom stereocenters. The monoisotopic (exact) mass is 983 g/mol. The average molecular weight is 984 g/mol. The van der Waals surface area contributed by atoms with Crippen molar-refractivity contribution < 1.29 is 30.9 Å². The molecule has 7 aromatic rings. The number of aromatic nitrogens is 1. The van der Waals surface area contributed by atoms with Crippen LogP contribution in [0, 0.1) is 11.5 Å². The zero-order valence-electron chi connectivity index (χ0n) is 36.1. The number of aromatic hydroxyl groups is 1. The number of phenolic OH excluding ortho intramolecular Hbond substituents is 1. The number of hydrogen-bond donors (Lipinski definition) is 1. The van der Waals surface area contributed by atoms with E-state index in [1.165, 1.54) is 11.1 Å². The Morgan fingerprint density at radius 2 is 1.36 bits per heavy atom. The third-order valence-corrected chi connectivity index (χ3v) is 12.5. The van der Waals surface area contributed by atoms with E-state index in [9.17, 15) is 5.11 Å². The van der Waals surface area contributed by atoms with E-state index in [4.69, 9.17) is 14.7 Å². The fourth-order valence-corrected chi connectivity index (χ4v) is 9.29. The normalized spacial score (nSPS) is 17.2. The Hall–Kier alpha value is -5.51. The summed E-state index contributed by atoms with van der Waals surface area (Å²) in [6, 6.07) is 53.1. The maximum absolute atomic E-state index is 11.1. The van der Waals surface area contributed by atoms with Crippen molar-refractivity contribution >= 4 is 22.4 Å². The predicted molar refractivity (Wildman–Crippen MR) is 249 cm³/mol. The molecule has 1 aliphatic carbocycles. The average Bonchev–Trinajstić information content (AvgIpc) is 3.65. The summed E-state index contributed by atoms with van der Waals surface area (Å²) in [5.41, 5.74) is 11.6. The molecule has 1 fully saturated rings. The zero-order valence-corrected chi connectivity index (χ0v) is 38.4. The molecule has 0 amide bonds. The molecule has 1 aromatic heterocycles. The number of phenols is 1. The van der Waals surface area contributed by atoms with Gasteiger partial charge in [-0.25, -0.2) is 4.98 Å². The van der Waals surface area contributed by atoms with Crippen LogP contribution in [0.2, 0.25) is 0 Å². The van der Waals surface area contributed by atoms with Gasteiger partial charge in [0.25, 0.3) is 0 Å². The van der Waals surface area contributed by atoms with Crippen LogP contribution in [0.25, 0.3) is 44.3 Å². The van der Waals surface area contributed by atoms with Gasteiger partial charge in [0, 0.05) is 49.4 Å². The molecule has 1 saturated carbocycles. The molecular weight excluding hydrogens is 930 g/mol. The predicted octanol–water partition coefficient (Wildman–Crippen LogP) is 14.2. The van der Waals surface area contributed by atoms with Crippen molar-refractivity contribution in [3.05, 3.63) is 162 Å². The quantitative estimate of drug-likeness (QED) is 0.154. The van der Waals surface area contributed by atoms with Gasteiger partial charge < -0.3 is 19.7 Å². The molecule has 61 heavy (non-hydrogen) atoms. The summed E-state index contributed by atoms with van der Waals surface area (Å²) in [7, 11) is 0. The molecule has 0 bridgehead atoms. The number of anilines is 1. The maximum atomic E-state index is 11.1. The number of ether oxygens (including phenoxy) is 1. The summed E-state index contributed by atoms with van der Waals surface area (Å²) in [5, 5.41) is 12.0. The van der Waals surface area contributed by atoms with Crippen LogP contribution in [-0.4, -0.2) is 28.0 Å². The summed E-state index contributed by atoms with van der Waals surface area (Å²) < 4.78 is 6.63. The SMILES string of the molecule is CC(C)c1cc(Oc2ccc3cc(C(C)(C)C)cc(O)c3n2)[c-]c(C2=N[C@H]3CCCC(C)(C)[C@H]3N2c2c(-c3ccccc3)cc(-c3ccccc3)cc2-c2ccccc2)c1.[Pt]. The minimum atomic E-state index is -0.110. The van der Waals surface area contributed by atoms with Crippen molar-refractivity contribution in [3.8, 4) is 50.8 Å². The molecule has 1 N–H and O–H groups in total. The van der Waals surface area contributed by atoms with Crippen LogP contribution < -0.4 is 9.64 Å². The van der Waals surface area contributed by atoms with E-state index >= 15 is 0 Å². The molecule has 6 aromatic carbocycles. The van der Waals surface area contributed by atoms with E-state index < -0.39 is 0 Å². The van der Waals surface area contributed by atoms with E-state index in [2.05, 4.69) is 181 Å². The Morgan fingerprint density at radius 3 is 1.95 bits per heavy atom. The molecule has 0 spiro atoms. The first-order valence-electron chi connectivity index (χ1n) is 21.5. The first-order chi connectivity index (χ1) is 28.8. The van der Waals surface area contributed by atoms with Gasteiger partial charge in [-0.15, -0.1) is 17.2 Å². The number of pyridine rings is 1. The van der Waals surface area contributed by atoms with Crippen molar-refractivity contribution in [2.75, 3.05) is 4.90 Å². The summed E-state index contributed by atoms with van der Waals surface area (Å²) in [4.78, 5) is 13.1. The van der Waals surface area contributed by atoms with E-state index in [-0.39, 0.29) is 55.6 Å².